The summed E-state index contributed by atoms with van der Waals surface area (Å²) in [6, 6.07) is 4.16. The molecule has 1 aromatic carbocycles. The summed E-state index contributed by atoms with van der Waals surface area (Å²) in [6.45, 7) is 0. The predicted molar refractivity (Wildman–Crippen MR) is 69.2 cm³/mol. The van der Waals surface area contributed by atoms with Gasteiger partial charge in [0.2, 0.25) is 0 Å². The highest BCUT2D eigenvalue weighted by atomic mass is 19.1. The normalized spacial score (nSPS) is 20.4. The van der Waals surface area contributed by atoms with Crippen molar-refractivity contribution < 1.29 is 13.9 Å². The first kappa shape index (κ1) is 11.9. The summed E-state index contributed by atoms with van der Waals surface area (Å²) in [7, 11) is 1.50. The number of aliphatic imine (C=N–C) groups is 1. The largest absolute Gasteiger partial charge is 0.496 e. The lowest BCUT2D eigenvalue weighted by atomic mass is 10.1. The van der Waals surface area contributed by atoms with Crippen LogP contribution in [0, 0.1) is 11.7 Å². The Morgan fingerprint density at radius 1 is 1.47 bits per heavy atom. The Morgan fingerprint density at radius 2 is 2.26 bits per heavy atom. The minimum absolute atomic E-state index is 0.242. The van der Waals surface area contributed by atoms with Gasteiger partial charge < -0.3 is 10.1 Å². The standard InChI is InChI=1S/C14H13FN2O2/c1-19-12-5-4-10(15)6-9(12)7-11-14(18)17-13(16-11)8-2-3-8/h4-8H,2-3H2,1H3,(H,16,17,18)/b11-7+. The minimum Gasteiger partial charge on any atom is -0.496 e. The van der Waals surface area contributed by atoms with Crippen LogP contribution in [-0.4, -0.2) is 18.9 Å². The summed E-state index contributed by atoms with van der Waals surface area (Å²) < 4.78 is 18.4. The summed E-state index contributed by atoms with van der Waals surface area (Å²) in [5.74, 6) is 0.998. The second kappa shape index (κ2) is 4.50. The maximum atomic E-state index is 13.2. The molecule has 0 unspecified atom stereocenters. The molecule has 0 saturated heterocycles. The van der Waals surface area contributed by atoms with Gasteiger partial charge in [-0.1, -0.05) is 0 Å². The predicted octanol–water partition coefficient (Wildman–Crippen LogP) is 2.11. The molecule has 0 aromatic heterocycles. The van der Waals surface area contributed by atoms with Gasteiger partial charge in [-0.3, -0.25) is 4.79 Å². The molecule has 4 nitrogen and oxygen atoms in total. The van der Waals surface area contributed by atoms with E-state index in [2.05, 4.69) is 10.3 Å². The number of hydrogen-bond acceptors (Lipinski definition) is 3. The van der Waals surface area contributed by atoms with E-state index in [1.807, 2.05) is 0 Å². The zero-order valence-corrected chi connectivity index (χ0v) is 10.4. The first-order valence-electron chi connectivity index (χ1n) is 6.12. The zero-order valence-electron chi connectivity index (χ0n) is 10.4. The second-order valence-electron chi connectivity index (χ2n) is 4.64. The minimum atomic E-state index is -0.377. The van der Waals surface area contributed by atoms with E-state index < -0.39 is 0 Å². The number of ether oxygens (including phenoxy) is 1. The van der Waals surface area contributed by atoms with Gasteiger partial charge in [-0.05, 0) is 37.1 Å². The third-order valence-corrected chi connectivity index (χ3v) is 3.16. The number of carbonyl (C=O) groups is 1. The Balaban J connectivity index is 1.96. The molecule has 98 valence electrons. The number of nitrogens with one attached hydrogen (secondary N) is 1. The summed E-state index contributed by atoms with van der Waals surface area (Å²) in [5.41, 5.74) is 0.805. The van der Waals surface area contributed by atoms with Crippen molar-refractivity contribution in [2.75, 3.05) is 7.11 Å². The van der Waals surface area contributed by atoms with E-state index in [-0.39, 0.29) is 11.7 Å². The third kappa shape index (κ3) is 2.36. The Kier molecular flexibility index (Phi) is 2.81. The first-order chi connectivity index (χ1) is 9.17. The molecule has 0 radical (unpaired) electrons. The van der Waals surface area contributed by atoms with Gasteiger partial charge in [0.25, 0.3) is 5.91 Å². The number of halogens is 1. The van der Waals surface area contributed by atoms with Crippen LogP contribution >= 0.6 is 0 Å². The summed E-state index contributed by atoms with van der Waals surface area (Å²) >= 11 is 0. The molecule has 3 rings (SSSR count). The second-order valence-corrected chi connectivity index (χ2v) is 4.64. The lowest BCUT2D eigenvalue weighted by molar-refractivity contribution is -0.115. The molecule has 1 fully saturated rings. The number of methoxy groups -OCH3 is 1. The van der Waals surface area contributed by atoms with Gasteiger partial charge in [0.1, 0.15) is 23.1 Å². The van der Waals surface area contributed by atoms with Crippen molar-refractivity contribution in [3.63, 3.8) is 0 Å². The van der Waals surface area contributed by atoms with Gasteiger partial charge >= 0.3 is 0 Å². The average Bonchev–Trinajstić information content (AvgIpc) is 3.16. The van der Waals surface area contributed by atoms with E-state index in [9.17, 15) is 9.18 Å². The SMILES string of the molecule is COc1ccc(F)cc1/C=C1/N=C(C2CC2)NC1=O. The van der Waals surface area contributed by atoms with Crippen molar-refractivity contribution in [1.29, 1.82) is 0 Å². The molecule has 1 amide bonds. The van der Waals surface area contributed by atoms with E-state index in [1.54, 1.807) is 6.08 Å². The summed E-state index contributed by atoms with van der Waals surface area (Å²) in [6.07, 6.45) is 3.68. The lowest BCUT2D eigenvalue weighted by Gasteiger charge is -2.04. The van der Waals surface area contributed by atoms with Crippen molar-refractivity contribution in [1.82, 2.24) is 5.32 Å². The topological polar surface area (TPSA) is 50.7 Å². The maximum Gasteiger partial charge on any atom is 0.275 e. The quantitative estimate of drug-likeness (QED) is 0.846. The van der Waals surface area contributed by atoms with Gasteiger partial charge in [0, 0.05) is 11.5 Å². The number of carbonyl (C=O) groups excluding carboxylic acids is 1. The third-order valence-electron chi connectivity index (χ3n) is 3.16. The van der Waals surface area contributed by atoms with Gasteiger partial charge in [0.05, 0.1) is 7.11 Å². The Hall–Kier alpha value is -2.17. The van der Waals surface area contributed by atoms with Gasteiger partial charge in [0.15, 0.2) is 0 Å². The van der Waals surface area contributed by atoms with Crippen LogP contribution in [0.3, 0.4) is 0 Å². The summed E-state index contributed by atoms with van der Waals surface area (Å²) in [5, 5.41) is 2.75. The highest BCUT2D eigenvalue weighted by Crippen LogP contribution is 2.32. The first-order valence-corrected chi connectivity index (χ1v) is 6.12. The zero-order chi connectivity index (χ0) is 13.4. The molecule has 1 heterocycles. The Bertz CT molecular complexity index is 603. The number of nitrogens with zero attached hydrogens (tertiary/aromatic N) is 1. The van der Waals surface area contributed by atoms with Crippen LogP contribution in [0.15, 0.2) is 28.9 Å². The molecule has 2 aliphatic rings. The Morgan fingerprint density at radius 3 is 2.95 bits per heavy atom. The molecule has 0 spiro atoms. The van der Waals surface area contributed by atoms with E-state index in [4.69, 9.17) is 4.74 Å². The van der Waals surface area contributed by atoms with Crippen molar-refractivity contribution in [3.8, 4) is 5.75 Å². The van der Waals surface area contributed by atoms with E-state index in [0.717, 1.165) is 18.7 Å². The molecular formula is C14H13FN2O2. The maximum absolute atomic E-state index is 13.2. The summed E-state index contributed by atoms with van der Waals surface area (Å²) in [4.78, 5) is 16.0. The van der Waals surface area contributed by atoms with Crippen LogP contribution in [0.1, 0.15) is 18.4 Å². The molecule has 1 aliphatic carbocycles. The van der Waals surface area contributed by atoms with Crippen LogP contribution in [0.5, 0.6) is 5.75 Å². The van der Waals surface area contributed by atoms with Crippen molar-refractivity contribution in [2.24, 2.45) is 10.9 Å². The molecule has 1 saturated carbocycles. The molecule has 19 heavy (non-hydrogen) atoms. The van der Waals surface area contributed by atoms with Crippen LogP contribution in [-0.2, 0) is 4.79 Å². The lowest BCUT2D eigenvalue weighted by Crippen LogP contribution is -2.25. The fraction of sp³-hybridized carbons (Fsp3) is 0.286. The molecular weight excluding hydrogens is 247 g/mol. The van der Waals surface area contributed by atoms with Gasteiger partial charge in [-0.2, -0.15) is 0 Å². The average molecular weight is 260 g/mol. The number of amides is 1. The molecule has 0 atom stereocenters. The van der Waals surface area contributed by atoms with Gasteiger partial charge in [-0.25, -0.2) is 9.38 Å². The highest BCUT2D eigenvalue weighted by Gasteiger charge is 2.33. The monoisotopic (exact) mass is 260 g/mol. The van der Waals surface area contributed by atoms with Crippen LogP contribution in [0.4, 0.5) is 4.39 Å². The van der Waals surface area contributed by atoms with E-state index in [1.165, 1.54) is 25.3 Å². The molecule has 1 N–H and O–H groups in total. The molecule has 1 aromatic rings. The number of amidine groups is 1. The van der Waals surface area contributed by atoms with Crippen molar-refractivity contribution in [2.45, 2.75) is 12.8 Å². The molecule has 5 heteroatoms. The smallest absolute Gasteiger partial charge is 0.275 e. The van der Waals surface area contributed by atoms with Crippen molar-refractivity contribution >= 4 is 17.8 Å². The Labute approximate surface area is 110 Å². The number of benzene rings is 1. The van der Waals surface area contributed by atoms with Crippen molar-refractivity contribution in [3.05, 3.63) is 35.3 Å². The highest BCUT2D eigenvalue weighted by molar-refractivity contribution is 6.15. The molecule has 1 aliphatic heterocycles. The van der Waals surface area contributed by atoms with Crippen LogP contribution in [0.2, 0.25) is 0 Å². The van der Waals surface area contributed by atoms with Gasteiger partial charge in [-0.15, -0.1) is 0 Å². The van der Waals surface area contributed by atoms with Crippen LogP contribution < -0.4 is 10.1 Å². The van der Waals surface area contributed by atoms with Crippen LogP contribution in [0.25, 0.3) is 6.08 Å². The number of rotatable bonds is 3. The fourth-order valence-electron chi connectivity index (χ4n) is 2.00. The molecule has 0 bridgehead atoms. The van der Waals surface area contributed by atoms with E-state index in [0.29, 0.717) is 22.9 Å². The number of hydrogen-bond donors (Lipinski definition) is 1. The van der Waals surface area contributed by atoms with E-state index >= 15 is 0 Å². The fourth-order valence-corrected chi connectivity index (χ4v) is 2.00.